The van der Waals surface area contributed by atoms with E-state index in [1.165, 1.54) is 0 Å². The number of carbonyl (C=O) groups excluding carboxylic acids is 1. The summed E-state index contributed by atoms with van der Waals surface area (Å²) < 4.78 is 0. The van der Waals surface area contributed by atoms with Crippen molar-refractivity contribution in [2.24, 2.45) is 0 Å². The maximum Gasteiger partial charge on any atom is 0.259 e. The van der Waals surface area contributed by atoms with Crippen molar-refractivity contribution in [2.75, 3.05) is 11.4 Å². The molecule has 3 heterocycles. The predicted octanol–water partition coefficient (Wildman–Crippen LogP) is 1.68. The predicted molar refractivity (Wildman–Crippen MR) is 63.9 cm³/mol. The summed E-state index contributed by atoms with van der Waals surface area (Å²) >= 11 is 0. The summed E-state index contributed by atoms with van der Waals surface area (Å²) in [6, 6.07) is 7.37. The summed E-state index contributed by atoms with van der Waals surface area (Å²) in [7, 11) is 0. The van der Waals surface area contributed by atoms with E-state index in [2.05, 4.69) is 9.97 Å². The molecular formula is C13H11N3O. The molecule has 0 fully saturated rings. The molecule has 4 nitrogen and oxygen atoms in total. The summed E-state index contributed by atoms with van der Waals surface area (Å²) in [4.78, 5) is 22.2. The van der Waals surface area contributed by atoms with Gasteiger partial charge in [0.2, 0.25) is 0 Å². The highest BCUT2D eigenvalue weighted by Crippen LogP contribution is 2.26. The van der Waals surface area contributed by atoms with E-state index in [1.54, 1.807) is 35.6 Å². The van der Waals surface area contributed by atoms with Gasteiger partial charge < -0.3 is 0 Å². The SMILES string of the molecule is O=C(c1ccncc1)N1CCc2cccnc21. The number of anilines is 1. The smallest absolute Gasteiger partial charge is 0.259 e. The fourth-order valence-electron chi connectivity index (χ4n) is 2.05. The lowest BCUT2D eigenvalue weighted by Gasteiger charge is -2.15. The van der Waals surface area contributed by atoms with Gasteiger partial charge in [-0.15, -0.1) is 0 Å². The van der Waals surface area contributed by atoms with E-state index < -0.39 is 0 Å². The van der Waals surface area contributed by atoms with Gasteiger partial charge in [-0.2, -0.15) is 0 Å². The van der Waals surface area contributed by atoms with E-state index in [9.17, 15) is 4.79 Å². The molecule has 0 atom stereocenters. The van der Waals surface area contributed by atoms with Crippen molar-refractivity contribution >= 4 is 11.7 Å². The molecular weight excluding hydrogens is 214 g/mol. The van der Waals surface area contributed by atoms with Crippen LogP contribution in [0.25, 0.3) is 0 Å². The molecule has 0 aliphatic carbocycles. The van der Waals surface area contributed by atoms with Crippen molar-refractivity contribution in [1.29, 1.82) is 0 Å². The average molecular weight is 225 g/mol. The number of carbonyl (C=O) groups is 1. The van der Waals surface area contributed by atoms with Crippen molar-refractivity contribution in [3.05, 3.63) is 54.0 Å². The molecule has 3 rings (SSSR count). The number of amides is 1. The largest absolute Gasteiger partial charge is 0.292 e. The van der Waals surface area contributed by atoms with E-state index in [1.807, 2.05) is 12.1 Å². The highest BCUT2D eigenvalue weighted by atomic mass is 16.2. The van der Waals surface area contributed by atoms with Crippen LogP contribution in [0, 0.1) is 0 Å². The minimum Gasteiger partial charge on any atom is -0.292 e. The molecule has 0 unspecified atom stereocenters. The monoisotopic (exact) mass is 225 g/mol. The molecule has 0 saturated carbocycles. The van der Waals surface area contributed by atoms with Gasteiger partial charge >= 0.3 is 0 Å². The summed E-state index contributed by atoms with van der Waals surface area (Å²) in [6.07, 6.45) is 5.85. The standard InChI is InChI=1S/C13H11N3O/c17-13(11-3-7-14-8-4-11)16-9-5-10-2-1-6-15-12(10)16/h1-4,6-8H,5,9H2. The second kappa shape index (κ2) is 3.97. The summed E-state index contributed by atoms with van der Waals surface area (Å²) in [5.74, 6) is 0.777. The molecule has 17 heavy (non-hydrogen) atoms. The van der Waals surface area contributed by atoms with Gasteiger partial charge in [0.1, 0.15) is 5.82 Å². The molecule has 84 valence electrons. The number of nitrogens with zero attached hydrogens (tertiary/aromatic N) is 3. The lowest BCUT2D eigenvalue weighted by atomic mass is 10.2. The lowest BCUT2D eigenvalue weighted by Crippen LogP contribution is -2.29. The van der Waals surface area contributed by atoms with Crippen molar-refractivity contribution in [3.8, 4) is 0 Å². The molecule has 0 bridgehead atoms. The number of pyridine rings is 2. The van der Waals surface area contributed by atoms with Crippen molar-refractivity contribution in [2.45, 2.75) is 6.42 Å². The van der Waals surface area contributed by atoms with Crippen LogP contribution in [0.2, 0.25) is 0 Å². The number of aromatic nitrogens is 2. The Morgan fingerprint density at radius 1 is 1.18 bits per heavy atom. The van der Waals surface area contributed by atoms with Gasteiger partial charge in [-0.25, -0.2) is 4.98 Å². The molecule has 2 aromatic rings. The number of hydrogen-bond acceptors (Lipinski definition) is 3. The Morgan fingerprint density at radius 3 is 2.82 bits per heavy atom. The first-order valence-electron chi connectivity index (χ1n) is 5.52. The van der Waals surface area contributed by atoms with Gasteiger partial charge in [-0.3, -0.25) is 14.7 Å². The Kier molecular flexibility index (Phi) is 2.33. The molecule has 0 N–H and O–H groups in total. The van der Waals surface area contributed by atoms with Crippen LogP contribution in [-0.2, 0) is 6.42 Å². The number of rotatable bonds is 1. The third-order valence-corrected chi connectivity index (χ3v) is 2.90. The van der Waals surface area contributed by atoms with E-state index >= 15 is 0 Å². The van der Waals surface area contributed by atoms with Crippen LogP contribution < -0.4 is 4.90 Å². The molecule has 0 saturated heterocycles. The van der Waals surface area contributed by atoms with E-state index in [4.69, 9.17) is 0 Å². The van der Waals surface area contributed by atoms with Crippen LogP contribution in [0.4, 0.5) is 5.82 Å². The first-order valence-corrected chi connectivity index (χ1v) is 5.52. The second-order valence-electron chi connectivity index (χ2n) is 3.93. The minimum atomic E-state index is -0.00940. The van der Waals surface area contributed by atoms with E-state index in [0.717, 1.165) is 17.8 Å². The number of fused-ring (bicyclic) bond motifs is 1. The molecule has 1 aliphatic heterocycles. The van der Waals surface area contributed by atoms with Crippen LogP contribution in [0.1, 0.15) is 15.9 Å². The maximum absolute atomic E-state index is 12.3. The van der Waals surface area contributed by atoms with Crippen LogP contribution >= 0.6 is 0 Å². The van der Waals surface area contributed by atoms with Crippen molar-refractivity contribution < 1.29 is 4.79 Å². The zero-order chi connectivity index (χ0) is 11.7. The molecule has 0 aromatic carbocycles. The first kappa shape index (κ1) is 9.96. The summed E-state index contributed by atoms with van der Waals surface area (Å²) in [6.45, 7) is 0.702. The molecule has 0 radical (unpaired) electrons. The van der Waals surface area contributed by atoms with Gasteiger partial charge in [-0.1, -0.05) is 6.07 Å². The van der Waals surface area contributed by atoms with Gasteiger partial charge in [0.25, 0.3) is 5.91 Å². The second-order valence-corrected chi connectivity index (χ2v) is 3.93. The number of hydrogen-bond donors (Lipinski definition) is 0. The molecule has 2 aromatic heterocycles. The topological polar surface area (TPSA) is 46.1 Å². The van der Waals surface area contributed by atoms with Crippen molar-refractivity contribution in [1.82, 2.24) is 9.97 Å². The van der Waals surface area contributed by atoms with Crippen molar-refractivity contribution in [3.63, 3.8) is 0 Å². The molecule has 1 aliphatic rings. The van der Waals surface area contributed by atoms with Gasteiger partial charge in [0.05, 0.1) is 0 Å². The minimum absolute atomic E-state index is 0.00940. The Labute approximate surface area is 98.9 Å². The first-order chi connectivity index (χ1) is 8.36. The normalized spacial score (nSPS) is 13.5. The van der Waals surface area contributed by atoms with Crippen LogP contribution in [0.3, 0.4) is 0 Å². The van der Waals surface area contributed by atoms with E-state index in [0.29, 0.717) is 12.1 Å². The van der Waals surface area contributed by atoms with Gasteiger partial charge in [0, 0.05) is 30.7 Å². The van der Waals surface area contributed by atoms with Crippen LogP contribution in [0.15, 0.2) is 42.9 Å². The zero-order valence-corrected chi connectivity index (χ0v) is 9.21. The molecule has 4 heteroatoms. The summed E-state index contributed by atoms with van der Waals surface area (Å²) in [5.41, 5.74) is 1.79. The highest BCUT2D eigenvalue weighted by Gasteiger charge is 2.26. The fraction of sp³-hybridized carbons (Fsp3) is 0.154. The Bertz CT molecular complexity index is 554. The van der Waals surface area contributed by atoms with Crippen LogP contribution in [-0.4, -0.2) is 22.4 Å². The Morgan fingerprint density at radius 2 is 2.00 bits per heavy atom. The van der Waals surface area contributed by atoms with Crippen LogP contribution in [0.5, 0.6) is 0 Å². The average Bonchev–Trinajstić information content (AvgIpc) is 2.83. The highest BCUT2D eigenvalue weighted by molar-refractivity contribution is 6.06. The molecule has 0 spiro atoms. The fourth-order valence-corrected chi connectivity index (χ4v) is 2.05. The lowest BCUT2D eigenvalue weighted by molar-refractivity contribution is 0.0988. The van der Waals surface area contributed by atoms with Gasteiger partial charge in [0.15, 0.2) is 0 Å². The van der Waals surface area contributed by atoms with E-state index in [-0.39, 0.29) is 5.91 Å². The Hall–Kier alpha value is -2.23. The zero-order valence-electron chi connectivity index (χ0n) is 9.21. The maximum atomic E-state index is 12.3. The summed E-state index contributed by atoms with van der Waals surface area (Å²) in [5, 5.41) is 0. The Balaban J connectivity index is 1.95. The molecule has 1 amide bonds. The third kappa shape index (κ3) is 1.67. The third-order valence-electron chi connectivity index (χ3n) is 2.90. The van der Waals surface area contributed by atoms with Gasteiger partial charge in [-0.05, 0) is 30.2 Å². The quantitative estimate of drug-likeness (QED) is 0.741.